The van der Waals surface area contributed by atoms with Gasteiger partial charge < -0.3 is 14.1 Å². The number of nitrogens with zero attached hydrogens (tertiary/aromatic N) is 2. The predicted octanol–water partition coefficient (Wildman–Crippen LogP) is 4.23. The largest absolute Gasteiger partial charge is 0.451 e. The number of thiophene rings is 1. The fourth-order valence-electron chi connectivity index (χ4n) is 3.41. The van der Waals surface area contributed by atoms with Crippen LogP contribution in [0.15, 0.2) is 52.3 Å². The standard InChI is InChI=1S/C21H20N2O4S/c1-14-19(22-20(27-14)15-7-3-2-4-8-15)21(25)26-13-18(24)23-11-5-9-16(23)17-10-6-12-28-17/h2-4,6-8,10,12,16H,5,9,11,13H2,1H3/t16-/m0/s1. The first-order chi connectivity index (χ1) is 13.6. The molecular formula is C21H20N2O4S. The van der Waals surface area contributed by atoms with E-state index in [9.17, 15) is 9.59 Å². The molecule has 6 nitrogen and oxygen atoms in total. The molecule has 3 heterocycles. The molecule has 0 unspecified atom stereocenters. The van der Waals surface area contributed by atoms with E-state index in [-0.39, 0.29) is 24.2 Å². The third-order valence-electron chi connectivity index (χ3n) is 4.78. The Morgan fingerprint density at radius 1 is 1.25 bits per heavy atom. The van der Waals surface area contributed by atoms with Crippen molar-refractivity contribution in [3.05, 3.63) is 64.2 Å². The fourth-order valence-corrected chi connectivity index (χ4v) is 4.28. The third-order valence-corrected chi connectivity index (χ3v) is 5.76. The number of esters is 1. The van der Waals surface area contributed by atoms with Crippen LogP contribution in [0.5, 0.6) is 0 Å². The molecule has 144 valence electrons. The van der Waals surface area contributed by atoms with Crippen molar-refractivity contribution in [2.45, 2.75) is 25.8 Å². The Labute approximate surface area is 166 Å². The topological polar surface area (TPSA) is 72.6 Å². The maximum atomic E-state index is 12.6. The molecule has 3 aromatic rings. The lowest BCUT2D eigenvalue weighted by atomic mass is 10.2. The summed E-state index contributed by atoms with van der Waals surface area (Å²) in [6, 6.07) is 13.4. The van der Waals surface area contributed by atoms with Crippen LogP contribution in [0, 0.1) is 6.92 Å². The molecule has 0 N–H and O–H groups in total. The van der Waals surface area contributed by atoms with Crippen molar-refractivity contribution in [1.82, 2.24) is 9.88 Å². The van der Waals surface area contributed by atoms with E-state index in [0.29, 0.717) is 18.2 Å². The first-order valence-electron chi connectivity index (χ1n) is 9.16. The van der Waals surface area contributed by atoms with Crippen LogP contribution in [0.1, 0.15) is 40.0 Å². The van der Waals surface area contributed by atoms with Gasteiger partial charge in [-0.05, 0) is 43.3 Å². The van der Waals surface area contributed by atoms with Crippen LogP contribution in [0.25, 0.3) is 11.5 Å². The number of rotatable bonds is 5. The molecule has 0 spiro atoms. The summed E-state index contributed by atoms with van der Waals surface area (Å²) >= 11 is 1.64. The fraction of sp³-hybridized carbons (Fsp3) is 0.286. The Balaban J connectivity index is 1.40. The maximum absolute atomic E-state index is 12.6. The number of oxazole rings is 1. The SMILES string of the molecule is Cc1oc(-c2ccccc2)nc1C(=O)OCC(=O)N1CCC[C@H]1c1cccs1. The van der Waals surface area contributed by atoms with Gasteiger partial charge in [0, 0.05) is 17.0 Å². The van der Waals surface area contributed by atoms with Crippen LogP contribution >= 0.6 is 11.3 Å². The minimum Gasteiger partial charge on any atom is -0.451 e. The normalized spacial score (nSPS) is 16.3. The number of amides is 1. The lowest BCUT2D eigenvalue weighted by Crippen LogP contribution is -2.34. The van der Waals surface area contributed by atoms with Gasteiger partial charge in [-0.15, -0.1) is 11.3 Å². The molecule has 1 fully saturated rings. The molecule has 7 heteroatoms. The van der Waals surface area contributed by atoms with Gasteiger partial charge >= 0.3 is 5.97 Å². The molecule has 4 rings (SSSR count). The lowest BCUT2D eigenvalue weighted by molar-refractivity contribution is -0.135. The quantitative estimate of drug-likeness (QED) is 0.604. The van der Waals surface area contributed by atoms with Crippen LogP contribution in [-0.2, 0) is 9.53 Å². The van der Waals surface area contributed by atoms with E-state index in [1.165, 1.54) is 0 Å². The maximum Gasteiger partial charge on any atom is 0.361 e. The van der Waals surface area contributed by atoms with Crippen molar-refractivity contribution >= 4 is 23.2 Å². The molecule has 1 aliphatic rings. The zero-order valence-electron chi connectivity index (χ0n) is 15.5. The monoisotopic (exact) mass is 396 g/mol. The number of carbonyl (C=O) groups is 2. The first-order valence-corrected chi connectivity index (χ1v) is 10.0. The predicted molar refractivity (Wildman–Crippen MR) is 105 cm³/mol. The first kappa shape index (κ1) is 18.4. The molecule has 1 aliphatic heterocycles. The van der Waals surface area contributed by atoms with Crippen LogP contribution in [0.2, 0.25) is 0 Å². The summed E-state index contributed by atoms with van der Waals surface area (Å²) in [5, 5.41) is 2.01. The Kier molecular flexibility index (Phi) is 5.25. The summed E-state index contributed by atoms with van der Waals surface area (Å²) in [5.74, 6) is -0.111. The second-order valence-electron chi connectivity index (χ2n) is 6.63. The van der Waals surface area contributed by atoms with Gasteiger partial charge in [0.05, 0.1) is 6.04 Å². The number of benzene rings is 1. The highest BCUT2D eigenvalue weighted by molar-refractivity contribution is 7.10. The second kappa shape index (κ2) is 7.98. The molecule has 1 saturated heterocycles. The number of ether oxygens (including phenoxy) is 1. The molecule has 0 aliphatic carbocycles. The van der Waals surface area contributed by atoms with Crippen LogP contribution in [0.4, 0.5) is 0 Å². The number of aryl methyl sites for hydroxylation is 1. The van der Waals surface area contributed by atoms with Crippen LogP contribution < -0.4 is 0 Å². The molecule has 0 radical (unpaired) electrons. The highest BCUT2D eigenvalue weighted by Crippen LogP contribution is 2.34. The number of aromatic nitrogens is 1. The van der Waals surface area contributed by atoms with Gasteiger partial charge in [-0.1, -0.05) is 24.3 Å². The average Bonchev–Trinajstić information content (AvgIpc) is 3.46. The molecule has 28 heavy (non-hydrogen) atoms. The zero-order chi connectivity index (χ0) is 19.5. The summed E-state index contributed by atoms with van der Waals surface area (Å²) in [6.07, 6.45) is 1.88. The van der Waals surface area contributed by atoms with Crippen molar-refractivity contribution < 1.29 is 18.7 Å². The lowest BCUT2D eigenvalue weighted by Gasteiger charge is -2.23. The molecule has 1 aromatic carbocycles. The Hall–Kier alpha value is -2.93. The van der Waals surface area contributed by atoms with Crippen molar-refractivity contribution in [2.75, 3.05) is 13.2 Å². The van der Waals surface area contributed by atoms with E-state index < -0.39 is 5.97 Å². The highest BCUT2D eigenvalue weighted by Gasteiger charge is 2.31. The van der Waals surface area contributed by atoms with Gasteiger partial charge in [0.1, 0.15) is 5.76 Å². The summed E-state index contributed by atoms with van der Waals surface area (Å²) in [4.78, 5) is 32.2. The number of carbonyl (C=O) groups excluding carboxylic acids is 2. The molecule has 0 bridgehead atoms. The van der Waals surface area contributed by atoms with E-state index in [4.69, 9.17) is 9.15 Å². The minimum absolute atomic E-state index is 0.0738. The van der Waals surface area contributed by atoms with Crippen molar-refractivity contribution in [1.29, 1.82) is 0 Å². The Bertz CT molecular complexity index is 966. The summed E-state index contributed by atoms with van der Waals surface area (Å²) in [5.41, 5.74) is 0.875. The van der Waals surface area contributed by atoms with E-state index in [1.807, 2.05) is 47.8 Å². The van der Waals surface area contributed by atoms with Gasteiger partial charge in [0.2, 0.25) is 5.89 Å². The molecule has 2 aromatic heterocycles. The number of hydrogen-bond donors (Lipinski definition) is 0. The summed E-state index contributed by atoms with van der Waals surface area (Å²) in [6.45, 7) is 2.04. The average molecular weight is 396 g/mol. The summed E-state index contributed by atoms with van der Waals surface area (Å²) < 4.78 is 10.8. The van der Waals surface area contributed by atoms with Gasteiger partial charge in [0.25, 0.3) is 5.91 Å². The molecule has 1 atom stereocenters. The van der Waals surface area contributed by atoms with Crippen LogP contribution in [0.3, 0.4) is 0 Å². The van der Waals surface area contributed by atoms with E-state index in [1.54, 1.807) is 23.2 Å². The van der Waals surface area contributed by atoms with Gasteiger partial charge in [-0.2, -0.15) is 0 Å². The Morgan fingerprint density at radius 3 is 2.82 bits per heavy atom. The smallest absolute Gasteiger partial charge is 0.361 e. The second-order valence-corrected chi connectivity index (χ2v) is 7.61. The van der Waals surface area contributed by atoms with Gasteiger partial charge in [-0.25, -0.2) is 9.78 Å². The Morgan fingerprint density at radius 2 is 2.07 bits per heavy atom. The van der Waals surface area contributed by atoms with Gasteiger partial charge in [0.15, 0.2) is 12.3 Å². The minimum atomic E-state index is -0.649. The summed E-state index contributed by atoms with van der Waals surface area (Å²) in [7, 11) is 0. The molecular weight excluding hydrogens is 376 g/mol. The highest BCUT2D eigenvalue weighted by atomic mass is 32.1. The van der Waals surface area contributed by atoms with Crippen molar-refractivity contribution in [3.8, 4) is 11.5 Å². The van der Waals surface area contributed by atoms with Crippen LogP contribution in [-0.4, -0.2) is 34.9 Å². The van der Waals surface area contributed by atoms with Crippen molar-refractivity contribution in [2.24, 2.45) is 0 Å². The number of likely N-dealkylation sites (tertiary alicyclic amines) is 1. The molecule has 0 saturated carbocycles. The van der Waals surface area contributed by atoms with E-state index in [2.05, 4.69) is 4.98 Å². The zero-order valence-corrected chi connectivity index (χ0v) is 16.3. The van der Waals surface area contributed by atoms with Crippen molar-refractivity contribution in [3.63, 3.8) is 0 Å². The van der Waals surface area contributed by atoms with E-state index >= 15 is 0 Å². The molecule has 1 amide bonds. The number of hydrogen-bond acceptors (Lipinski definition) is 6. The third kappa shape index (κ3) is 3.71. The van der Waals surface area contributed by atoms with E-state index in [0.717, 1.165) is 23.3 Å². The van der Waals surface area contributed by atoms with Gasteiger partial charge in [-0.3, -0.25) is 4.79 Å².